The zero-order valence-electron chi connectivity index (χ0n) is 18.7. The Labute approximate surface area is 197 Å². The van der Waals surface area contributed by atoms with E-state index < -0.39 is 15.8 Å². The van der Waals surface area contributed by atoms with Crippen molar-refractivity contribution >= 4 is 33.2 Å². The summed E-state index contributed by atoms with van der Waals surface area (Å²) in [6.07, 6.45) is 2.94. The third-order valence-electron chi connectivity index (χ3n) is 5.42. The summed E-state index contributed by atoms with van der Waals surface area (Å²) in [6, 6.07) is 16.0. The van der Waals surface area contributed by atoms with E-state index in [0.717, 1.165) is 19.1 Å². The van der Waals surface area contributed by atoms with Crippen molar-refractivity contribution in [3.63, 3.8) is 0 Å². The molecule has 176 valence electrons. The molecule has 0 unspecified atom stereocenters. The predicted octanol–water partition coefficient (Wildman–Crippen LogP) is 4.32. The second kappa shape index (κ2) is 9.26. The van der Waals surface area contributed by atoms with Crippen LogP contribution in [0.15, 0.2) is 60.7 Å². The lowest BCUT2D eigenvalue weighted by molar-refractivity contribution is 0.0949. The van der Waals surface area contributed by atoms with E-state index in [1.807, 2.05) is 0 Å². The predicted molar refractivity (Wildman–Crippen MR) is 130 cm³/mol. The molecule has 0 heterocycles. The number of rotatable bonds is 7. The van der Waals surface area contributed by atoms with E-state index in [0.29, 0.717) is 33.6 Å². The number of sulfonamides is 1. The van der Waals surface area contributed by atoms with Gasteiger partial charge in [0.05, 0.1) is 6.26 Å². The maximum absolute atomic E-state index is 14.5. The summed E-state index contributed by atoms with van der Waals surface area (Å²) in [7, 11) is -3.38. The van der Waals surface area contributed by atoms with E-state index in [2.05, 4.69) is 15.4 Å². The van der Waals surface area contributed by atoms with E-state index in [1.165, 1.54) is 6.07 Å². The molecule has 1 fully saturated rings. The molecular formula is C25H24FN3O4S. The van der Waals surface area contributed by atoms with Crippen molar-refractivity contribution < 1.29 is 22.4 Å². The van der Waals surface area contributed by atoms with Gasteiger partial charge in [-0.2, -0.15) is 0 Å². The highest BCUT2D eigenvalue weighted by Crippen LogP contribution is 2.28. The molecule has 2 amide bonds. The summed E-state index contributed by atoms with van der Waals surface area (Å²) in [6.45, 7) is 1.65. The number of carbonyl (C=O) groups excluding carboxylic acids is 2. The first-order valence-corrected chi connectivity index (χ1v) is 12.6. The highest BCUT2D eigenvalue weighted by atomic mass is 32.2. The fraction of sp³-hybridized carbons (Fsp3) is 0.200. The zero-order chi connectivity index (χ0) is 24.5. The van der Waals surface area contributed by atoms with Gasteiger partial charge in [0.1, 0.15) is 5.82 Å². The highest BCUT2D eigenvalue weighted by Gasteiger charge is 2.24. The number of hydrogen-bond donors (Lipinski definition) is 3. The molecule has 34 heavy (non-hydrogen) atoms. The minimum absolute atomic E-state index is 0.172. The Morgan fingerprint density at radius 2 is 1.50 bits per heavy atom. The topological polar surface area (TPSA) is 104 Å². The van der Waals surface area contributed by atoms with Crippen molar-refractivity contribution in [3.05, 3.63) is 83.2 Å². The fourth-order valence-electron chi connectivity index (χ4n) is 3.45. The molecule has 1 aliphatic rings. The monoisotopic (exact) mass is 481 g/mol. The first-order valence-electron chi connectivity index (χ1n) is 10.7. The molecule has 0 spiro atoms. The van der Waals surface area contributed by atoms with Crippen LogP contribution in [0.25, 0.3) is 11.1 Å². The Balaban J connectivity index is 1.49. The van der Waals surface area contributed by atoms with Crippen molar-refractivity contribution in [2.75, 3.05) is 16.3 Å². The number of hydrogen-bond acceptors (Lipinski definition) is 4. The molecule has 0 bridgehead atoms. The summed E-state index contributed by atoms with van der Waals surface area (Å²) in [5.41, 5.74) is 3.24. The minimum atomic E-state index is -3.38. The third-order valence-corrected chi connectivity index (χ3v) is 6.03. The normalized spacial score (nSPS) is 13.3. The van der Waals surface area contributed by atoms with Gasteiger partial charge in [-0.1, -0.05) is 12.1 Å². The lowest BCUT2D eigenvalue weighted by Gasteiger charge is -2.12. The van der Waals surface area contributed by atoms with Crippen LogP contribution in [0.3, 0.4) is 0 Å². The van der Waals surface area contributed by atoms with Crippen LogP contribution in [0.1, 0.15) is 39.1 Å². The summed E-state index contributed by atoms with van der Waals surface area (Å²) in [5, 5.41) is 5.61. The van der Waals surface area contributed by atoms with Crippen molar-refractivity contribution in [3.8, 4) is 11.1 Å². The van der Waals surface area contributed by atoms with E-state index in [9.17, 15) is 22.4 Å². The maximum atomic E-state index is 14.5. The van der Waals surface area contributed by atoms with Crippen molar-refractivity contribution in [1.29, 1.82) is 0 Å². The van der Waals surface area contributed by atoms with E-state index in [4.69, 9.17) is 0 Å². The summed E-state index contributed by atoms with van der Waals surface area (Å²) >= 11 is 0. The number of carbonyl (C=O) groups is 2. The number of anilines is 2. The van der Waals surface area contributed by atoms with Crippen LogP contribution in [0.2, 0.25) is 0 Å². The van der Waals surface area contributed by atoms with Crippen LogP contribution < -0.4 is 15.4 Å². The standard InChI is InChI=1S/C25H24FN3O4S/c1-15-22(13-18(14-23(15)26)25(31)28-19-7-8-19)16-3-5-17(6-4-16)24(30)27-20-9-11-21(12-10-20)29-34(2,32)33/h3-6,9-14,19,29H,7-8H2,1-2H3,(H,27,30)(H,28,31). The van der Waals surface area contributed by atoms with Gasteiger partial charge in [-0.15, -0.1) is 0 Å². The van der Waals surface area contributed by atoms with Crippen LogP contribution in [0.5, 0.6) is 0 Å². The molecular weight excluding hydrogens is 457 g/mol. The highest BCUT2D eigenvalue weighted by molar-refractivity contribution is 7.92. The van der Waals surface area contributed by atoms with Gasteiger partial charge in [0.25, 0.3) is 11.8 Å². The van der Waals surface area contributed by atoms with E-state index in [-0.39, 0.29) is 23.4 Å². The molecule has 1 aliphatic carbocycles. The molecule has 1 saturated carbocycles. The summed E-state index contributed by atoms with van der Waals surface area (Å²) < 4.78 is 39.5. The molecule has 0 radical (unpaired) electrons. The number of nitrogens with one attached hydrogen (secondary N) is 3. The average Bonchev–Trinajstić information content (AvgIpc) is 3.60. The quantitative estimate of drug-likeness (QED) is 0.468. The van der Waals surface area contributed by atoms with Crippen molar-refractivity contribution in [2.24, 2.45) is 0 Å². The van der Waals surface area contributed by atoms with Gasteiger partial charge in [-0.3, -0.25) is 14.3 Å². The molecule has 0 atom stereocenters. The van der Waals surface area contributed by atoms with Gasteiger partial charge in [0.15, 0.2) is 0 Å². The van der Waals surface area contributed by atoms with Crippen LogP contribution in [0.4, 0.5) is 15.8 Å². The van der Waals surface area contributed by atoms with Crippen LogP contribution in [-0.4, -0.2) is 32.5 Å². The Bertz CT molecular complexity index is 1350. The van der Waals surface area contributed by atoms with Crippen LogP contribution >= 0.6 is 0 Å². The Morgan fingerprint density at radius 1 is 0.882 bits per heavy atom. The van der Waals surface area contributed by atoms with E-state index >= 15 is 0 Å². The number of amides is 2. The van der Waals surface area contributed by atoms with Gasteiger partial charge >= 0.3 is 0 Å². The van der Waals surface area contributed by atoms with Crippen LogP contribution in [-0.2, 0) is 10.0 Å². The van der Waals surface area contributed by atoms with Crippen LogP contribution in [0, 0.1) is 12.7 Å². The van der Waals surface area contributed by atoms with Gasteiger partial charge in [0, 0.05) is 28.5 Å². The second-order valence-electron chi connectivity index (χ2n) is 8.36. The lowest BCUT2D eigenvalue weighted by atomic mass is 9.96. The average molecular weight is 482 g/mol. The zero-order valence-corrected chi connectivity index (χ0v) is 19.5. The van der Waals surface area contributed by atoms with E-state index in [1.54, 1.807) is 61.5 Å². The maximum Gasteiger partial charge on any atom is 0.255 e. The SMILES string of the molecule is Cc1c(F)cc(C(=O)NC2CC2)cc1-c1ccc(C(=O)Nc2ccc(NS(C)(=O)=O)cc2)cc1. The fourth-order valence-corrected chi connectivity index (χ4v) is 4.01. The molecule has 3 aromatic carbocycles. The van der Waals surface area contributed by atoms with Gasteiger partial charge < -0.3 is 10.6 Å². The molecule has 4 rings (SSSR count). The first kappa shape index (κ1) is 23.4. The van der Waals surface area contributed by atoms with Crippen molar-refractivity contribution in [2.45, 2.75) is 25.8 Å². The third kappa shape index (κ3) is 5.79. The molecule has 7 nitrogen and oxygen atoms in total. The lowest BCUT2D eigenvalue weighted by Crippen LogP contribution is -2.25. The molecule has 9 heteroatoms. The largest absolute Gasteiger partial charge is 0.349 e. The van der Waals surface area contributed by atoms with Crippen molar-refractivity contribution in [1.82, 2.24) is 5.32 Å². The smallest absolute Gasteiger partial charge is 0.255 e. The molecule has 0 aromatic heterocycles. The minimum Gasteiger partial charge on any atom is -0.349 e. The first-order chi connectivity index (χ1) is 16.1. The van der Waals surface area contributed by atoms with Gasteiger partial charge in [-0.25, -0.2) is 12.8 Å². The van der Waals surface area contributed by atoms with Gasteiger partial charge in [0.2, 0.25) is 10.0 Å². The van der Waals surface area contributed by atoms with Gasteiger partial charge in [-0.05, 0) is 85.0 Å². The molecule has 0 aliphatic heterocycles. The Hall–Kier alpha value is -3.72. The molecule has 3 N–H and O–H groups in total. The second-order valence-corrected chi connectivity index (χ2v) is 10.1. The number of benzene rings is 3. The summed E-state index contributed by atoms with van der Waals surface area (Å²) in [5.74, 6) is -1.11. The number of halogens is 1. The Kier molecular flexibility index (Phi) is 6.39. The molecule has 0 saturated heterocycles. The summed E-state index contributed by atoms with van der Waals surface area (Å²) in [4.78, 5) is 25.0. The Morgan fingerprint density at radius 3 is 2.09 bits per heavy atom. The molecule has 3 aromatic rings.